The number of aromatic amines is 1. The van der Waals surface area contributed by atoms with Crippen LogP contribution < -0.4 is 4.74 Å². The average molecular weight is 375 g/mol. The van der Waals surface area contributed by atoms with Gasteiger partial charge in [-0.05, 0) is 67.5 Å². The number of carbonyl (C=O) groups excluding carboxylic acids is 1. The predicted molar refractivity (Wildman–Crippen MR) is 109 cm³/mol. The van der Waals surface area contributed by atoms with Crippen LogP contribution in [0, 0.1) is 0 Å². The maximum absolute atomic E-state index is 12.7. The topological polar surface area (TPSA) is 58.2 Å². The lowest BCUT2D eigenvalue weighted by Crippen LogP contribution is -2.41. The Hall–Kier alpha value is -2.82. The van der Waals surface area contributed by atoms with Crippen LogP contribution in [-0.2, 0) is 17.6 Å². The zero-order valence-electron chi connectivity index (χ0n) is 16.0. The molecule has 0 spiro atoms. The minimum Gasteiger partial charge on any atom is -0.484 e. The second-order valence-electron chi connectivity index (χ2n) is 7.89. The molecule has 3 aromatic rings. The summed E-state index contributed by atoms with van der Waals surface area (Å²) in [6, 6.07) is 14.3. The molecule has 28 heavy (non-hydrogen) atoms. The van der Waals surface area contributed by atoms with Crippen molar-refractivity contribution in [3.63, 3.8) is 0 Å². The first kappa shape index (κ1) is 17.3. The lowest BCUT2D eigenvalue weighted by atomic mass is 9.97. The fraction of sp³-hybridized carbons (Fsp3) is 0.391. The molecule has 1 amide bonds. The molecule has 2 aliphatic rings. The number of carbonyl (C=O) groups is 1. The quantitative estimate of drug-likeness (QED) is 0.754. The van der Waals surface area contributed by atoms with Gasteiger partial charge in [0.25, 0.3) is 5.91 Å². The molecule has 2 aromatic carbocycles. The van der Waals surface area contributed by atoms with Crippen LogP contribution in [0.2, 0.25) is 0 Å². The van der Waals surface area contributed by atoms with Crippen LogP contribution in [0.1, 0.15) is 42.1 Å². The van der Waals surface area contributed by atoms with Crippen molar-refractivity contribution in [3.8, 4) is 5.75 Å². The van der Waals surface area contributed by atoms with Gasteiger partial charge in [0.1, 0.15) is 11.6 Å². The Labute approximate surface area is 164 Å². The van der Waals surface area contributed by atoms with Crippen LogP contribution in [0.15, 0.2) is 42.5 Å². The van der Waals surface area contributed by atoms with Gasteiger partial charge in [-0.2, -0.15) is 0 Å². The van der Waals surface area contributed by atoms with Crippen molar-refractivity contribution in [3.05, 3.63) is 59.4 Å². The number of benzene rings is 2. The molecule has 1 aliphatic heterocycles. The largest absolute Gasteiger partial charge is 0.484 e. The van der Waals surface area contributed by atoms with Crippen molar-refractivity contribution in [1.29, 1.82) is 0 Å². The maximum atomic E-state index is 12.7. The highest BCUT2D eigenvalue weighted by atomic mass is 16.5. The SMILES string of the molecule is O=C(COc1ccc2c(c1)CCC2)N1CCC[C@H](c2nc3ccccc3[nH]2)C1. The van der Waals surface area contributed by atoms with Crippen LogP contribution in [0.4, 0.5) is 0 Å². The summed E-state index contributed by atoms with van der Waals surface area (Å²) >= 11 is 0. The van der Waals surface area contributed by atoms with Crippen molar-refractivity contribution in [1.82, 2.24) is 14.9 Å². The monoisotopic (exact) mass is 375 g/mol. The Balaban J connectivity index is 1.22. The molecule has 5 heteroatoms. The molecule has 5 rings (SSSR count). The predicted octanol–water partition coefficient (Wildman–Crippen LogP) is 3.84. The van der Waals surface area contributed by atoms with Gasteiger partial charge in [-0.3, -0.25) is 4.79 Å². The normalized spacial score (nSPS) is 19.0. The molecule has 144 valence electrons. The number of aryl methyl sites for hydroxylation is 2. The maximum Gasteiger partial charge on any atom is 0.260 e. The fourth-order valence-corrected chi connectivity index (χ4v) is 4.47. The molecule has 2 heterocycles. The number of aromatic nitrogens is 2. The number of H-pyrrole nitrogens is 1. The van der Waals surface area contributed by atoms with E-state index in [4.69, 9.17) is 9.72 Å². The van der Waals surface area contributed by atoms with Crippen molar-refractivity contribution in [2.45, 2.75) is 38.0 Å². The van der Waals surface area contributed by atoms with Crippen LogP contribution in [0.25, 0.3) is 11.0 Å². The Kier molecular flexibility index (Phi) is 4.51. The summed E-state index contributed by atoms with van der Waals surface area (Å²) < 4.78 is 5.82. The average Bonchev–Trinajstić information content (AvgIpc) is 3.38. The smallest absolute Gasteiger partial charge is 0.260 e. The van der Waals surface area contributed by atoms with Gasteiger partial charge in [0.15, 0.2) is 6.61 Å². The van der Waals surface area contributed by atoms with E-state index in [1.54, 1.807) is 0 Å². The zero-order valence-corrected chi connectivity index (χ0v) is 16.0. The number of nitrogens with zero attached hydrogens (tertiary/aromatic N) is 2. The number of nitrogens with one attached hydrogen (secondary N) is 1. The van der Waals surface area contributed by atoms with Gasteiger partial charge < -0.3 is 14.6 Å². The van der Waals surface area contributed by atoms with E-state index < -0.39 is 0 Å². The van der Waals surface area contributed by atoms with Crippen molar-refractivity contribution in [2.75, 3.05) is 19.7 Å². The Bertz CT molecular complexity index is 977. The number of rotatable bonds is 4. The molecule has 0 bridgehead atoms. The number of hydrogen-bond donors (Lipinski definition) is 1. The number of imidazole rings is 1. The third-order valence-electron chi connectivity index (χ3n) is 6.00. The van der Waals surface area contributed by atoms with Gasteiger partial charge >= 0.3 is 0 Å². The van der Waals surface area contributed by atoms with Crippen molar-refractivity contribution >= 4 is 16.9 Å². The first-order valence-corrected chi connectivity index (χ1v) is 10.2. The van der Waals surface area contributed by atoms with E-state index in [1.807, 2.05) is 35.2 Å². The van der Waals surface area contributed by atoms with Crippen LogP contribution >= 0.6 is 0 Å². The van der Waals surface area contributed by atoms with Gasteiger partial charge in [-0.25, -0.2) is 4.98 Å². The van der Waals surface area contributed by atoms with Crippen LogP contribution in [0.3, 0.4) is 0 Å². The summed E-state index contributed by atoms with van der Waals surface area (Å²) in [5.41, 5.74) is 4.83. The van der Waals surface area contributed by atoms with E-state index in [9.17, 15) is 4.79 Å². The molecule has 0 unspecified atom stereocenters. The summed E-state index contributed by atoms with van der Waals surface area (Å²) in [5, 5.41) is 0. The van der Waals surface area contributed by atoms with Crippen LogP contribution in [-0.4, -0.2) is 40.5 Å². The third-order valence-corrected chi connectivity index (χ3v) is 6.00. The van der Waals surface area contributed by atoms with E-state index in [0.717, 1.165) is 54.8 Å². The Morgan fingerprint density at radius 3 is 2.96 bits per heavy atom. The molecular weight excluding hydrogens is 350 g/mol. The summed E-state index contributed by atoms with van der Waals surface area (Å²) in [4.78, 5) is 22.8. The lowest BCUT2D eigenvalue weighted by molar-refractivity contribution is -0.134. The first-order valence-electron chi connectivity index (χ1n) is 10.2. The number of amides is 1. The first-order chi connectivity index (χ1) is 13.8. The second-order valence-corrected chi connectivity index (χ2v) is 7.89. The summed E-state index contributed by atoms with van der Waals surface area (Å²) in [5.74, 6) is 2.10. The summed E-state index contributed by atoms with van der Waals surface area (Å²) in [7, 11) is 0. The summed E-state index contributed by atoms with van der Waals surface area (Å²) in [6.45, 7) is 1.60. The highest BCUT2D eigenvalue weighted by Gasteiger charge is 2.27. The van der Waals surface area contributed by atoms with Crippen molar-refractivity contribution < 1.29 is 9.53 Å². The van der Waals surface area contributed by atoms with E-state index in [0.29, 0.717) is 6.54 Å². The van der Waals surface area contributed by atoms with Gasteiger partial charge in [0.2, 0.25) is 0 Å². The Morgan fingerprint density at radius 1 is 1.14 bits per heavy atom. The van der Waals surface area contributed by atoms with E-state index in [1.165, 1.54) is 17.5 Å². The molecule has 1 saturated heterocycles. The second kappa shape index (κ2) is 7.30. The standard InChI is InChI=1S/C23H25N3O2/c27-22(15-28-19-11-10-16-5-3-6-17(16)13-19)26-12-4-7-18(14-26)23-24-20-8-1-2-9-21(20)25-23/h1-2,8-11,13,18H,3-7,12,14-15H2,(H,24,25)/t18-/m0/s1. The zero-order chi connectivity index (χ0) is 18.9. The molecule has 1 fully saturated rings. The summed E-state index contributed by atoms with van der Waals surface area (Å²) in [6.07, 6.45) is 5.54. The Morgan fingerprint density at radius 2 is 2.04 bits per heavy atom. The number of likely N-dealkylation sites (tertiary alicyclic amines) is 1. The number of para-hydroxylation sites is 2. The number of piperidine rings is 1. The fourth-order valence-electron chi connectivity index (χ4n) is 4.47. The number of fused-ring (bicyclic) bond motifs is 2. The molecule has 1 aromatic heterocycles. The van der Waals surface area contributed by atoms with Gasteiger partial charge in [-0.15, -0.1) is 0 Å². The van der Waals surface area contributed by atoms with E-state index >= 15 is 0 Å². The highest BCUT2D eigenvalue weighted by Crippen LogP contribution is 2.28. The highest BCUT2D eigenvalue weighted by molar-refractivity contribution is 5.78. The molecule has 0 radical (unpaired) electrons. The molecule has 1 N–H and O–H groups in total. The number of ether oxygens (including phenoxy) is 1. The van der Waals surface area contributed by atoms with Crippen molar-refractivity contribution in [2.24, 2.45) is 0 Å². The molecule has 5 nitrogen and oxygen atoms in total. The molecular formula is C23H25N3O2. The molecule has 1 aliphatic carbocycles. The molecule has 0 saturated carbocycles. The molecule has 1 atom stereocenters. The van der Waals surface area contributed by atoms with E-state index in [-0.39, 0.29) is 18.4 Å². The number of hydrogen-bond acceptors (Lipinski definition) is 3. The lowest BCUT2D eigenvalue weighted by Gasteiger charge is -2.31. The van der Waals surface area contributed by atoms with Gasteiger partial charge in [0, 0.05) is 19.0 Å². The van der Waals surface area contributed by atoms with E-state index in [2.05, 4.69) is 17.1 Å². The minimum absolute atomic E-state index is 0.0568. The van der Waals surface area contributed by atoms with Gasteiger partial charge in [-0.1, -0.05) is 18.2 Å². The minimum atomic E-state index is 0.0568. The van der Waals surface area contributed by atoms with Gasteiger partial charge in [0.05, 0.1) is 11.0 Å². The third kappa shape index (κ3) is 3.37. The van der Waals surface area contributed by atoms with Crippen LogP contribution in [0.5, 0.6) is 5.75 Å².